The van der Waals surface area contributed by atoms with Crippen LogP contribution < -0.4 is 45.3 Å². The number of benzene rings is 1. The van der Waals surface area contributed by atoms with Crippen molar-refractivity contribution in [2.24, 2.45) is 0 Å². The summed E-state index contributed by atoms with van der Waals surface area (Å²) in [5, 5.41) is 15.6. The molecule has 18 heavy (non-hydrogen) atoms. The van der Waals surface area contributed by atoms with Crippen molar-refractivity contribution < 1.29 is 49.0 Å². The first-order valence-corrected chi connectivity index (χ1v) is 4.80. The topological polar surface area (TPSA) is 98.3 Å². The number of amides is 2. The number of nitrogens with one attached hydrogen (secondary N) is 2. The molecule has 0 heterocycles. The zero-order chi connectivity index (χ0) is 13.0. The van der Waals surface area contributed by atoms with Crippen LogP contribution in [0.1, 0.15) is 24.2 Å². The van der Waals surface area contributed by atoms with Gasteiger partial charge in [-0.05, 0) is 18.2 Å². The quantitative estimate of drug-likeness (QED) is 0.563. The molecule has 0 aliphatic heterocycles. The number of anilines is 2. The Morgan fingerprint density at radius 2 is 1.33 bits per heavy atom. The standard InChI is InChI=1S/C11H12N2O4.Na/c1-6(14)12-9-3-8(11(16)17)4-10(5-9)13-7(2)15;/h3-5H,1-2H3,(H,12,14)(H,13,15)(H,16,17);/q;+1/p-1. The van der Waals surface area contributed by atoms with Crippen LogP contribution in [-0.4, -0.2) is 17.8 Å². The Balaban J connectivity index is 0.00000289. The zero-order valence-electron chi connectivity index (χ0n) is 10.4. The summed E-state index contributed by atoms with van der Waals surface area (Å²) in [6.07, 6.45) is 0. The number of hydrogen-bond donors (Lipinski definition) is 2. The van der Waals surface area contributed by atoms with Crippen molar-refractivity contribution in [3.05, 3.63) is 23.8 Å². The summed E-state index contributed by atoms with van der Waals surface area (Å²) in [7, 11) is 0. The van der Waals surface area contributed by atoms with E-state index in [0.717, 1.165) is 0 Å². The van der Waals surface area contributed by atoms with Crippen molar-refractivity contribution in [1.82, 2.24) is 0 Å². The van der Waals surface area contributed by atoms with Crippen LogP contribution in [0.4, 0.5) is 11.4 Å². The fourth-order valence-corrected chi connectivity index (χ4v) is 1.30. The molecule has 1 aromatic rings. The SMILES string of the molecule is CC(=O)Nc1cc(NC(C)=O)cc(C(=O)[O-])c1.[Na+]. The van der Waals surface area contributed by atoms with Crippen LogP contribution in [0.3, 0.4) is 0 Å². The van der Waals surface area contributed by atoms with Crippen LogP contribution in [-0.2, 0) is 9.59 Å². The Morgan fingerprint density at radius 3 is 1.61 bits per heavy atom. The fraction of sp³-hybridized carbons (Fsp3) is 0.182. The third kappa shape index (κ3) is 5.31. The molecule has 0 spiro atoms. The average Bonchev–Trinajstić information content (AvgIpc) is 2.14. The molecule has 0 aromatic heterocycles. The largest absolute Gasteiger partial charge is 1.00 e. The second-order valence-corrected chi connectivity index (χ2v) is 3.45. The van der Waals surface area contributed by atoms with Gasteiger partial charge in [-0.25, -0.2) is 0 Å². The van der Waals surface area contributed by atoms with Crippen LogP contribution in [0.25, 0.3) is 0 Å². The Morgan fingerprint density at radius 1 is 0.944 bits per heavy atom. The van der Waals surface area contributed by atoms with Crippen LogP contribution in [0.5, 0.6) is 0 Å². The molecule has 1 aromatic carbocycles. The van der Waals surface area contributed by atoms with E-state index in [0.29, 0.717) is 0 Å². The van der Waals surface area contributed by atoms with Gasteiger partial charge < -0.3 is 20.5 Å². The first kappa shape index (κ1) is 16.6. The minimum absolute atomic E-state index is 0. The Bertz CT molecular complexity index is 454. The molecule has 7 heteroatoms. The van der Waals surface area contributed by atoms with Crippen molar-refractivity contribution >= 4 is 29.2 Å². The number of carbonyl (C=O) groups excluding carboxylic acids is 3. The van der Waals surface area contributed by atoms with E-state index in [2.05, 4.69) is 10.6 Å². The third-order valence-corrected chi connectivity index (χ3v) is 1.81. The fourth-order valence-electron chi connectivity index (χ4n) is 1.30. The average molecular weight is 258 g/mol. The molecular weight excluding hydrogens is 247 g/mol. The van der Waals surface area contributed by atoms with E-state index in [1.54, 1.807) is 0 Å². The zero-order valence-corrected chi connectivity index (χ0v) is 12.4. The molecule has 1 rings (SSSR count). The summed E-state index contributed by atoms with van der Waals surface area (Å²) >= 11 is 0. The number of carbonyl (C=O) groups is 3. The van der Waals surface area contributed by atoms with Gasteiger partial charge in [0.2, 0.25) is 11.8 Å². The minimum Gasteiger partial charge on any atom is -0.545 e. The van der Waals surface area contributed by atoms with Crippen molar-refractivity contribution in [2.45, 2.75) is 13.8 Å². The van der Waals surface area contributed by atoms with Gasteiger partial charge in [-0.15, -0.1) is 0 Å². The first-order valence-electron chi connectivity index (χ1n) is 4.80. The van der Waals surface area contributed by atoms with Gasteiger partial charge in [0.05, 0.1) is 5.97 Å². The van der Waals surface area contributed by atoms with Crippen LogP contribution in [0.2, 0.25) is 0 Å². The summed E-state index contributed by atoms with van der Waals surface area (Å²) in [6, 6.07) is 3.96. The van der Waals surface area contributed by atoms with Gasteiger partial charge in [-0.1, -0.05) is 0 Å². The number of rotatable bonds is 3. The molecule has 2 amide bonds. The molecule has 0 aliphatic carbocycles. The number of aromatic carboxylic acids is 1. The molecular formula is C11H11N2NaO4. The van der Waals surface area contributed by atoms with E-state index in [1.165, 1.54) is 32.0 Å². The monoisotopic (exact) mass is 258 g/mol. The summed E-state index contributed by atoms with van der Waals surface area (Å²) in [5.74, 6) is -2.06. The van der Waals surface area contributed by atoms with Gasteiger partial charge in [-0.3, -0.25) is 9.59 Å². The van der Waals surface area contributed by atoms with E-state index in [1.807, 2.05) is 0 Å². The number of carboxylic acids is 1. The van der Waals surface area contributed by atoms with E-state index < -0.39 is 5.97 Å². The van der Waals surface area contributed by atoms with E-state index in [4.69, 9.17) is 0 Å². The van der Waals surface area contributed by atoms with Gasteiger partial charge in [0, 0.05) is 30.8 Å². The molecule has 0 radical (unpaired) electrons. The molecule has 0 saturated carbocycles. The smallest absolute Gasteiger partial charge is 0.545 e. The Labute approximate surface area is 126 Å². The van der Waals surface area contributed by atoms with Crippen molar-refractivity contribution in [3.63, 3.8) is 0 Å². The molecule has 0 aliphatic rings. The van der Waals surface area contributed by atoms with Crippen LogP contribution >= 0.6 is 0 Å². The van der Waals surface area contributed by atoms with E-state index >= 15 is 0 Å². The number of hydrogen-bond acceptors (Lipinski definition) is 4. The van der Waals surface area contributed by atoms with Gasteiger partial charge in [0.15, 0.2) is 0 Å². The van der Waals surface area contributed by atoms with E-state index in [-0.39, 0.29) is 58.3 Å². The second kappa shape index (κ2) is 7.15. The molecule has 90 valence electrons. The third-order valence-electron chi connectivity index (χ3n) is 1.81. The van der Waals surface area contributed by atoms with Gasteiger partial charge >= 0.3 is 29.6 Å². The number of carboxylic acid groups (broad SMARTS) is 1. The minimum atomic E-state index is -1.39. The summed E-state index contributed by atoms with van der Waals surface area (Å²) in [4.78, 5) is 32.5. The maximum Gasteiger partial charge on any atom is 1.00 e. The van der Waals surface area contributed by atoms with Crippen molar-refractivity contribution in [1.29, 1.82) is 0 Å². The van der Waals surface area contributed by atoms with Crippen molar-refractivity contribution in [2.75, 3.05) is 10.6 Å². The summed E-state index contributed by atoms with van der Waals surface area (Å²) < 4.78 is 0. The van der Waals surface area contributed by atoms with E-state index in [9.17, 15) is 19.5 Å². The predicted molar refractivity (Wildman–Crippen MR) is 59.4 cm³/mol. The van der Waals surface area contributed by atoms with Gasteiger partial charge in [-0.2, -0.15) is 0 Å². The van der Waals surface area contributed by atoms with Crippen molar-refractivity contribution in [3.8, 4) is 0 Å². The Kier molecular flexibility index (Phi) is 6.61. The van der Waals surface area contributed by atoms with Gasteiger partial charge in [0.1, 0.15) is 0 Å². The second-order valence-electron chi connectivity index (χ2n) is 3.45. The predicted octanol–water partition coefficient (Wildman–Crippen LogP) is -3.03. The molecule has 2 N–H and O–H groups in total. The molecule has 0 fully saturated rings. The first-order chi connectivity index (χ1) is 7.88. The summed E-state index contributed by atoms with van der Waals surface area (Å²) in [6.45, 7) is 2.59. The molecule has 6 nitrogen and oxygen atoms in total. The van der Waals surface area contributed by atoms with Gasteiger partial charge in [0.25, 0.3) is 0 Å². The Hall–Kier alpha value is -1.37. The molecule has 0 bridgehead atoms. The molecule has 0 saturated heterocycles. The normalized spacial score (nSPS) is 9.00. The molecule has 0 unspecified atom stereocenters. The summed E-state index contributed by atoms with van der Waals surface area (Å²) in [5.41, 5.74) is 0.436. The van der Waals surface area contributed by atoms with Crippen LogP contribution in [0, 0.1) is 0 Å². The maximum absolute atomic E-state index is 10.9. The van der Waals surface area contributed by atoms with Crippen LogP contribution in [0.15, 0.2) is 18.2 Å². The molecule has 0 atom stereocenters. The maximum atomic E-state index is 10.9.